The zero-order valence-electron chi connectivity index (χ0n) is 12.0. The zero-order chi connectivity index (χ0) is 17.1. The predicted octanol–water partition coefficient (Wildman–Crippen LogP) is 0.590. The molecular formula is C12H17FN4O5. The predicted molar refractivity (Wildman–Crippen MR) is 75.4 cm³/mol. The summed E-state index contributed by atoms with van der Waals surface area (Å²) >= 11 is 0. The molecule has 0 saturated heterocycles. The molecule has 0 fully saturated rings. The Balaban J connectivity index is 0.000000763. The van der Waals surface area contributed by atoms with Crippen molar-refractivity contribution >= 4 is 23.7 Å². The summed E-state index contributed by atoms with van der Waals surface area (Å²) in [6.07, 6.45) is 0. The number of nitrogens with zero attached hydrogens (tertiary/aromatic N) is 1. The van der Waals surface area contributed by atoms with Gasteiger partial charge in [0.25, 0.3) is 0 Å². The molecule has 0 saturated carbocycles. The maximum absolute atomic E-state index is 12.6. The summed E-state index contributed by atoms with van der Waals surface area (Å²) < 4.78 is 12.6. The van der Waals surface area contributed by atoms with E-state index < -0.39 is 30.5 Å². The van der Waals surface area contributed by atoms with Crippen LogP contribution in [0, 0.1) is 5.82 Å². The van der Waals surface area contributed by atoms with Gasteiger partial charge in [0.2, 0.25) is 0 Å². The van der Waals surface area contributed by atoms with Crippen molar-refractivity contribution in [3.8, 4) is 0 Å². The highest BCUT2D eigenvalue weighted by Gasteiger charge is 2.10. The van der Waals surface area contributed by atoms with Crippen LogP contribution in [-0.2, 0) is 9.63 Å². The molecule has 0 aliphatic heterocycles. The number of aliphatic carboxylic acids is 1. The van der Waals surface area contributed by atoms with Gasteiger partial charge in [-0.1, -0.05) is 0 Å². The van der Waals surface area contributed by atoms with Gasteiger partial charge in [0.1, 0.15) is 5.82 Å². The maximum Gasteiger partial charge on any atom is 0.345 e. The van der Waals surface area contributed by atoms with Gasteiger partial charge in [0.15, 0.2) is 6.61 Å². The fourth-order valence-electron chi connectivity index (χ4n) is 0.946. The number of nitrogens with one attached hydrogen (secondary N) is 2. The molecule has 0 bridgehead atoms. The monoisotopic (exact) mass is 316 g/mol. The number of carboxylic acid groups (broad SMARTS) is 1. The summed E-state index contributed by atoms with van der Waals surface area (Å²) in [4.78, 5) is 35.7. The number of halogens is 1. The number of urea groups is 2. The smallest absolute Gasteiger partial charge is 0.345 e. The molecule has 4 amide bonds. The summed E-state index contributed by atoms with van der Waals surface area (Å²) in [6.45, 7) is -0.618. The van der Waals surface area contributed by atoms with Crippen molar-refractivity contribution in [3.63, 3.8) is 0 Å². The average molecular weight is 316 g/mol. The molecule has 9 nitrogen and oxygen atoms in total. The van der Waals surface area contributed by atoms with E-state index in [0.717, 1.165) is 5.06 Å². The van der Waals surface area contributed by atoms with Crippen LogP contribution in [0.3, 0.4) is 0 Å². The van der Waals surface area contributed by atoms with Gasteiger partial charge in [0.05, 0.1) is 0 Å². The number of hydrogen-bond donors (Lipinski definition) is 4. The summed E-state index contributed by atoms with van der Waals surface area (Å²) in [5, 5.41) is 13.6. The number of carbonyl (C=O) groups excluding carboxylic acids is 2. The fraction of sp³-hybridized carbons (Fsp3) is 0.250. The van der Waals surface area contributed by atoms with Gasteiger partial charge < -0.3 is 21.5 Å². The van der Waals surface area contributed by atoms with E-state index in [1.165, 1.54) is 38.4 Å². The van der Waals surface area contributed by atoms with E-state index in [0.29, 0.717) is 5.69 Å². The van der Waals surface area contributed by atoms with Crippen LogP contribution in [-0.4, -0.2) is 48.9 Å². The normalized spacial score (nSPS) is 9.05. The standard InChI is InChI=1S/C10H11FN2O4.C2H6N2O/c1-13(17-6-9(14)15)10(16)12-8-4-2-7(11)3-5-8;1-4-2(3)5/h2-5H,6H2,1H3,(H,12,16)(H,14,15);1H3,(H3,3,4,5). The Morgan fingerprint density at radius 1 is 1.32 bits per heavy atom. The van der Waals surface area contributed by atoms with Crippen LogP contribution in [0.5, 0.6) is 0 Å². The van der Waals surface area contributed by atoms with Crippen LogP contribution >= 0.6 is 0 Å². The van der Waals surface area contributed by atoms with E-state index in [4.69, 9.17) is 5.11 Å². The van der Waals surface area contributed by atoms with Crippen molar-refractivity contribution in [1.82, 2.24) is 10.4 Å². The van der Waals surface area contributed by atoms with Crippen molar-refractivity contribution in [1.29, 1.82) is 0 Å². The summed E-state index contributed by atoms with van der Waals surface area (Å²) in [5.41, 5.74) is 4.92. The lowest BCUT2D eigenvalue weighted by Gasteiger charge is -2.16. The van der Waals surface area contributed by atoms with E-state index in [9.17, 15) is 18.8 Å². The number of carbonyl (C=O) groups is 3. The summed E-state index contributed by atoms with van der Waals surface area (Å²) in [6, 6.07) is 3.97. The third-order valence-electron chi connectivity index (χ3n) is 2.01. The van der Waals surface area contributed by atoms with Gasteiger partial charge in [-0.25, -0.2) is 23.8 Å². The largest absolute Gasteiger partial charge is 0.479 e. The molecule has 0 aromatic heterocycles. The molecule has 0 radical (unpaired) electrons. The second kappa shape index (κ2) is 9.94. The van der Waals surface area contributed by atoms with Crippen molar-refractivity contribution in [2.45, 2.75) is 0 Å². The highest BCUT2D eigenvalue weighted by molar-refractivity contribution is 5.88. The van der Waals surface area contributed by atoms with E-state index >= 15 is 0 Å². The molecule has 0 aliphatic rings. The number of hydrogen-bond acceptors (Lipinski definition) is 4. The van der Waals surface area contributed by atoms with Crippen LogP contribution in [0.1, 0.15) is 0 Å². The Morgan fingerprint density at radius 3 is 2.23 bits per heavy atom. The minimum Gasteiger partial charge on any atom is -0.479 e. The summed E-state index contributed by atoms with van der Waals surface area (Å²) in [5.74, 6) is -1.61. The van der Waals surface area contributed by atoms with Crippen LogP contribution in [0.25, 0.3) is 0 Å². The van der Waals surface area contributed by atoms with Crippen LogP contribution in [0.15, 0.2) is 24.3 Å². The van der Waals surface area contributed by atoms with Crippen molar-refractivity contribution < 1.29 is 28.7 Å². The van der Waals surface area contributed by atoms with Crippen LogP contribution < -0.4 is 16.4 Å². The Bertz CT molecular complexity index is 509. The molecule has 0 aliphatic carbocycles. The molecule has 10 heteroatoms. The van der Waals surface area contributed by atoms with Crippen molar-refractivity contribution in [2.75, 3.05) is 26.0 Å². The number of benzene rings is 1. The van der Waals surface area contributed by atoms with Gasteiger partial charge in [-0.3, -0.25) is 4.84 Å². The SMILES string of the molecule is CN(OCC(=O)O)C(=O)Nc1ccc(F)cc1.CNC(N)=O. The molecule has 1 aromatic carbocycles. The number of amides is 4. The lowest BCUT2D eigenvalue weighted by molar-refractivity contribution is -0.158. The van der Waals surface area contributed by atoms with Crippen molar-refractivity contribution in [2.24, 2.45) is 5.73 Å². The Morgan fingerprint density at radius 2 is 1.82 bits per heavy atom. The number of anilines is 1. The highest BCUT2D eigenvalue weighted by atomic mass is 19.1. The van der Waals surface area contributed by atoms with E-state index in [1.807, 2.05) is 0 Å². The van der Waals surface area contributed by atoms with Gasteiger partial charge in [-0.2, -0.15) is 0 Å². The first-order valence-electron chi connectivity index (χ1n) is 5.88. The summed E-state index contributed by atoms with van der Waals surface area (Å²) in [7, 11) is 2.74. The molecule has 0 heterocycles. The average Bonchev–Trinajstić information content (AvgIpc) is 2.47. The van der Waals surface area contributed by atoms with Gasteiger partial charge in [-0.05, 0) is 24.3 Å². The van der Waals surface area contributed by atoms with E-state index in [-0.39, 0.29) is 0 Å². The molecule has 0 unspecified atom stereocenters. The Labute approximate surface area is 125 Å². The first-order valence-corrected chi connectivity index (χ1v) is 5.88. The number of carboxylic acids is 1. The first kappa shape index (κ1) is 19.1. The maximum atomic E-state index is 12.6. The first-order chi connectivity index (χ1) is 10.3. The molecule has 0 spiro atoms. The minimum atomic E-state index is -1.19. The van der Waals surface area contributed by atoms with Crippen LogP contribution in [0.2, 0.25) is 0 Å². The molecule has 0 atom stereocenters. The fourth-order valence-corrected chi connectivity index (χ4v) is 0.946. The number of rotatable bonds is 4. The number of primary amides is 1. The molecule has 22 heavy (non-hydrogen) atoms. The quantitative estimate of drug-likeness (QED) is 0.603. The zero-order valence-corrected chi connectivity index (χ0v) is 12.0. The van der Waals surface area contributed by atoms with Crippen LogP contribution in [0.4, 0.5) is 19.7 Å². The Hall–Kier alpha value is -2.88. The number of hydroxylamine groups is 2. The molecule has 122 valence electrons. The molecule has 1 rings (SSSR count). The molecular weight excluding hydrogens is 299 g/mol. The lowest BCUT2D eigenvalue weighted by atomic mass is 10.3. The van der Waals surface area contributed by atoms with Gasteiger partial charge in [0, 0.05) is 19.8 Å². The van der Waals surface area contributed by atoms with Gasteiger partial charge >= 0.3 is 18.0 Å². The second-order valence-electron chi connectivity index (χ2n) is 3.72. The third kappa shape index (κ3) is 9.09. The third-order valence-corrected chi connectivity index (χ3v) is 2.01. The Kier molecular flexibility index (Phi) is 8.63. The highest BCUT2D eigenvalue weighted by Crippen LogP contribution is 2.08. The lowest BCUT2D eigenvalue weighted by Crippen LogP contribution is -2.33. The molecule has 5 N–H and O–H groups in total. The van der Waals surface area contributed by atoms with Gasteiger partial charge in [-0.15, -0.1) is 0 Å². The minimum absolute atomic E-state index is 0.377. The van der Waals surface area contributed by atoms with E-state index in [2.05, 4.69) is 21.2 Å². The number of nitrogens with two attached hydrogens (primary N) is 1. The molecule has 1 aromatic rings. The van der Waals surface area contributed by atoms with Crippen molar-refractivity contribution in [3.05, 3.63) is 30.1 Å². The topological polar surface area (TPSA) is 134 Å². The second-order valence-corrected chi connectivity index (χ2v) is 3.72. The van der Waals surface area contributed by atoms with E-state index in [1.54, 1.807) is 0 Å².